The van der Waals surface area contributed by atoms with Crippen LogP contribution in [0.1, 0.15) is 26.3 Å². The minimum Gasteiger partial charge on any atom is -0.336 e. The first-order valence-electron chi connectivity index (χ1n) is 11.0. The highest BCUT2D eigenvalue weighted by Crippen LogP contribution is 2.28. The minimum absolute atomic E-state index is 0.0387. The van der Waals surface area contributed by atoms with E-state index in [1.807, 2.05) is 6.92 Å². The number of hydrogen-bond acceptors (Lipinski definition) is 4. The second-order valence-corrected chi connectivity index (χ2v) is 12.4. The van der Waals surface area contributed by atoms with Gasteiger partial charge in [0.2, 0.25) is 10.0 Å². The van der Waals surface area contributed by atoms with Crippen molar-refractivity contribution in [2.45, 2.75) is 11.8 Å². The molecule has 0 unspecified atom stereocenters. The maximum Gasteiger partial charge on any atom is 0.255 e. The molecule has 1 heterocycles. The molecule has 0 saturated carbocycles. The van der Waals surface area contributed by atoms with Crippen LogP contribution in [0.2, 0.25) is 5.02 Å². The van der Waals surface area contributed by atoms with Gasteiger partial charge in [-0.05, 0) is 67.1 Å². The molecule has 3 aromatic carbocycles. The summed E-state index contributed by atoms with van der Waals surface area (Å²) in [4.78, 5) is 27.5. The van der Waals surface area contributed by atoms with Gasteiger partial charge >= 0.3 is 0 Å². The number of sulfonamides is 1. The van der Waals surface area contributed by atoms with E-state index in [0.29, 0.717) is 21.3 Å². The Morgan fingerprint density at radius 2 is 1.47 bits per heavy atom. The van der Waals surface area contributed by atoms with E-state index in [0.717, 1.165) is 10.0 Å². The van der Waals surface area contributed by atoms with Crippen molar-refractivity contribution >= 4 is 71.0 Å². The van der Waals surface area contributed by atoms with Gasteiger partial charge in [0, 0.05) is 51.9 Å². The highest BCUT2D eigenvalue weighted by Gasteiger charge is 2.32. The summed E-state index contributed by atoms with van der Waals surface area (Å²) in [6.07, 6.45) is 0. The van der Waals surface area contributed by atoms with Crippen molar-refractivity contribution < 1.29 is 18.0 Å². The molecule has 1 saturated heterocycles. The Hall–Kier alpha value is -2.24. The molecule has 4 rings (SSSR count). The zero-order chi connectivity index (χ0) is 26.0. The van der Waals surface area contributed by atoms with Crippen LogP contribution in [0.3, 0.4) is 0 Å². The summed E-state index contributed by atoms with van der Waals surface area (Å²) >= 11 is 12.8. The maximum atomic E-state index is 13.2. The molecule has 2 amide bonds. The molecular formula is C25H22Br2ClN3O4S. The van der Waals surface area contributed by atoms with Gasteiger partial charge in [-0.3, -0.25) is 9.59 Å². The third-order valence-corrected chi connectivity index (χ3v) is 9.28. The van der Waals surface area contributed by atoms with Crippen LogP contribution in [0.25, 0.3) is 0 Å². The fourth-order valence-electron chi connectivity index (χ4n) is 3.82. The van der Waals surface area contributed by atoms with E-state index in [1.165, 1.54) is 10.4 Å². The number of carbonyl (C=O) groups is 2. The van der Waals surface area contributed by atoms with E-state index in [2.05, 4.69) is 37.2 Å². The molecular weight excluding hydrogens is 634 g/mol. The average Bonchev–Trinajstić information content (AvgIpc) is 2.85. The number of carbonyl (C=O) groups excluding carboxylic acids is 2. The van der Waals surface area contributed by atoms with Crippen molar-refractivity contribution in [2.75, 3.05) is 31.5 Å². The number of piperazine rings is 1. The Labute approximate surface area is 231 Å². The van der Waals surface area contributed by atoms with Crippen LogP contribution in [-0.2, 0) is 10.0 Å². The van der Waals surface area contributed by atoms with Crippen molar-refractivity contribution in [1.29, 1.82) is 0 Å². The molecule has 36 heavy (non-hydrogen) atoms. The predicted octanol–water partition coefficient (Wildman–Crippen LogP) is 5.57. The number of nitrogens with zero attached hydrogens (tertiary/aromatic N) is 2. The van der Waals surface area contributed by atoms with Crippen LogP contribution in [0.4, 0.5) is 5.69 Å². The van der Waals surface area contributed by atoms with Gasteiger partial charge in [-0.25, -0.2) is 8.42 Å². The van der Waals surface area contributed by atoms with Crippen molar-refractivity contribution in [2.24, 2.45) is 0 Å². The van der Waals surface area contributed by atoms with E-state index in [-0.39, 0.29) is 47.9 Å². The van der Waals surface area contributed by atoms with Crippen LogP contribution >= 0.6 is 43.5 Å². The summed E-state index contributed by atoms with van der Waals surface area (Å²) in [6, 6.07) is 16.8. The van der Waals surface area contributed by atoms with Crippen molar-refractivity contribution in [1.82, 2.24) is 9.21 Å². The van der Waals surface area contributed by atoms with Gasteiger partial charge in [0.25, 0.3) is 11.8 Å². The fraction of sp³-hybridized carbons (Fsp3) is 0.200. The molecule has 0 atom stereocenters. The quantitative estimate of drug-likeness (QED) is 0.390. The van der Waals surface area contributed by atoms with Gasteiger partial charge in [-0.2, -0.15) is 4.31 Å². The molecule has 0 aromatic heterocycles. The summed E-state index contributed by atoms with van der Waals surface area (Å²) in [7, 11) is -3.79. The molecule has 188 valence electrons. The largest absolute Gasteiger partial charge is 0.336 e. The third-order valence-electron chi connectivity index (χ3n) is 5.88. The van der Waals surface area contributed by atoms with E-state index in [9.17, 15) is 18.0 Å². The normalized spacial score (nSPS) is 14.5. The SMILES string of the molecule is Cc1ccc(C(=O)N2CCN(S(=O)(=O)c3ccc(Br)cc3Cl)CC2)cc1NC(=O)c1ccc(Br)cc1. The molecule has 7 nitrogen and oxygen atoms in total. The number of halogens is 3. The van der Waals surface area contributed by atoms with Crippen LogP contribution in [0.15, 0.2) is 74.5 Å². The number of amides is 2. The first-order chi connectivity index (χ1) is 17.1. The Balaban J connectivity index is 1.44. The van der Waals surface area contributed by atoms with E-state index in [1.54, 1.807) is 59.5 Å². The second-order valence-electron chi connectivity index (χ2n) is 8.26. The number of aryl methyl sites for hydroxylation is 1. The number of rotatable bonds is 5. The summed E-state index contributed by atoms with van der Waals surface area (Å²) in [5, 5.41) is 3.01. The van der Waals surface area contributed by atoms with Crippen LogP contribution in [0, 0.1) is 6.92 Å². The van der Waals surface area contributed by atoms with E-state index >= 15 is 0 Å². The molecule has 1 aliphatic heterocycles. The molecule has 3 aromatic rings. The Morgan fingerprint density at radius 3 is 2.11 bits per heavy atom. The Morgan fingerprint density at radius 1 is 0.861 bits per heavy atom. The van der Waals surface area contributed by atoms with Gasteiger partial charge in [-0.1, -0.05) is 49.5 Å². The van der Waals surface area contributed by atoms with Crippen LogP contribution < -0.4 is 5.32 Å². The van der Waals surface area contributed by atoms with Crippen LogP contribution in [0.5, 0.6) is 0 Å². The van der Waals surface area contributed by atoms with Gasteiger partial charge < -0.3 is 10.2 Å². The lowest BCUT2D eigenvalue weighted by atomic mass is 10.1. The number of benzene rings is 3. The first-order valence-corrected chi connectivity index (χ1v) is 14.4. The molecule has 1 fully saturated rings. The molecule has 0 spiro atoms. The van der Waals surface area contributed by atoms with E-state index in [4.69, 9.17) is 11.6 Å². The standard InChI is InChI=1S/C25H22Br2ClN3O4S/c1-16-2-3-18(14-22(16)29-24(32)17-4-6-19(26)7-5-17)25(33)30-10-12-31(13-11-30)36(34,35)23-9-8-20(27)15-21(23)28/h2-9,14-15H,10-13H2,1H3,(H,29,32). The molecule has 0 aliphatic carbocycles. The van der Waals surface area contributed by atoms with Crippen molar-refractivity contribution in [3.8, 4) is 0 Å². The lowest BCUT2D eigenvalue weighted by molar-refractivity contribution is 0.0697. The predicted molar refractivity (Wildman–Crippen MR) is 147 cm³/mol. The molecule has 0 bridgehead atoms. The minimum atomic E-state index is -3.79. The summed E-state index contributed by atoms with van der Waals surface area (Å²) in [6.45, 7) is 2.63. The topological polar surface area (TPSA) is 86.8 Å². The monoisotopic (exact) mass is 653 g/mol. The highest BCUT2D eigenvalue weighted by molar-refractivity contribution is 9.10. The lowest BCUT2D eigenvalue weighted by Crippen LogP contribution is -2.50. The Kier molecular flexibility index (Phi) is 8.21. The van der Waals surface area contributed by atoms with Crippen molar-refractivity contribution in [3.63, 3.8) is 0 Å². The number of hydrogen-bond donors (Lipinski definition) is 1. The maximum absolute atomic E-state index is 13.2. The number of anilines is 1. The van der Waals surface area contributed by atoms with Crippen LogP contribution in [-0.4, -0.2) is 55.6 Å². The van der Waals surface area contributed by atoms with E-state index < -0.39 is 10.0 Å². The average molecular weight is 656 g/mol. The molecule has 1 aliphatic rings. The molecule has 0 radical (unpaired) electrons. The Bertz CT molecular complexity index is 1420. The van der Waals surface area contributed by atoms with Gasteiger partial charge in [0.1, 0.15) is 4.90 Å². The van der Waals surface area contributed by atoms with Gasteiger partial charge in [0.05, 0.1) is 5.02 Å². The first kappa shape index (κ1) is 26.8. The van der Waals surface area contributed by atoms with Gasteiger partial charge in [0.15, 0.2) is 0 Å². The summed E-state index contributed by atoms with van der Waals surface area (Å²) < 4.78 is 29.0. The fourth-order valence-corrected chi connectivity index (χ4v) is 6.52. The molecule has 11 heteroatoms. The zero-order valence-corrected chi connectivity index (χ0v) is 23.9. The summed E-state index contributed by atoms with van der Waals surface area (Å²) in [5.41, 5.74) is 2.27. The molecule has 1 N–H and O–H groups in total. The smallest absolute Gasteiger partial charge is 0.255 e. The summed E-state index contributed by atoms with van der Waals surface area (Å²) in [5.74, 6) is -0.506. The van der Waals surface area contributed by atoms with Gasteiger partial charge in [-0.15, -0.1) is 0 Å². The number of nitrogens with one attached hydrogen (secondary N) is 1. The highest BCUT2D eigenvalue weighted by atomic mass is 79.9. The van der Waals surface area contributed by atoms with Crippen molar-refractivity contribution in [3.05, 3.63) is 91.3 Å². The zero-order valence-electron chi connectivity index (χ0n) is 19.2. The lowest BCUT2D eigenvalue weighted by Gasteiger charge is -2.34. The second kappa shape index (κ2) is 11.0. The third kappa shape index (κ3) is 5.84.